The van der Waals surface area contributed by atoms with Crippen molar-refractivity contribution in [3.63, 3.8) is 0 Å². The Kier molecular flexibility index (Phi) is 5.89. The molecule has 0 unspecified atom stereocenters. The molecule has 0 saturated carbocycles. The van der Waals surface area contributed by atoms with Crippen LogP contribution >= 0.6 is 15.9 Å². The fraction of sp³-hybridized carbons (Fsp3) is 0.615. The second-order valence-corrected chi connectivity index (χ2v) is 5.87. The number of hydrogen-bond donors (Lipinski definition) is 1. The van der Waals surface area contributed by atoms with Crippen LogP contribution < -0.4 is 10.6 Å². The number of ether oxygens (including phenoxy) is 1. The molecule has 0 spiro atoms. The van der Waals surface area contributed by atoms with E-state index in [0.717, 1.165) is 19.3 Å². The van der Waals surface area contributed by atoms with Gasteiger partial charge in [-0.3, -0.25) is 10.1 Å². The summed E-state index contributed by atoms with van der Waals surface area (Å²) in [6, 6.07) is 1.49. The predicted molar refractivity (Wildman–Crippen MR) is 83.4 cm³/mol. The Morgan fingerprint density at radius 2 is 2.24 bits per heavy atom. The molecule has 0 atom stereocenters. The van der Waals surface area contributed by atoms with E-state index in [4.69, 9.17) is 10.5 Å². The van der Waals surface area contributed by atoms with Crippen molar-refractivity contribution >= 4 is 27.4 Å². The Morgan fingerprint density at radius 1 is 1.52 bits per heavy atom. The van der Waals surface area contributed by atoms with Gasteiger partial charge in [0.05, 0.1) is 11.0 Å². The van der Waals surface area contributed by atoms with E-state index in [9.17, 15) is 10.1 Å². The number of aromatic nitrogens is 1. The molecule has 2 rings (SSSR count). The maximum absolute atomic E-state index is 11.1. The number of nitrogens with zero attached hydrogens (tertiary/aromatic N) is 3. The van der Waals surface area contributed by atoms with Gasteiger partial charge in [0, 0.05) is 36.4 Å². The lowest BCUT2D eigenvalue weighted by Crippen LogP contribution is -2.38. The van der Waals surface area contributed by atoms with Gasteiger partial charge in [-0.2, -0.15) is 0 Å². The molecule has 0 aliphatic carbocycles. The Bertz CT molecular complexity index is 492. The lowest BCUT2D eigenvalue weighted by Gasteiger charge is -2.32. The molecular formula is C13H19BrN4O3. The SMILES string of the molecule is NCCCOC1CCN(c2ncc(Br)cc2[N+](=O)[O-])CC1. The van der Waals surface area contributed by atoms with Crippen LogP contribution in [-0.4, -0.2) is 42.3 Å². The van der Waals surface area contributed by atoms with E-state index >= 15 is 0 Å². The minimum atomic E-state index is -0.392. The molecule has 0 bridgehead atoms. The lowest BCUT2D eigenvalue weighted by atomic mass is 10.1. The lowest BCUT2D eigenvalue weighted by molar-refractivity contribution is -0.384. The summed E-state index contributed by atoms with van der Waals surface area (Å²) < 4.78 is 6.35. The first-order chi connectivity index (χ1) is 10.1. The van der Waals surface area contributed by atoms with Gasteiger partial charge in [0.15, 0.2) is 0 Å². The topological polar surface area (TPSA) is 94.5 Å². The van der Waals surface area contributed by atoms with Crippen molar-refractivity contribution in [1.82, 2.24) is 4.98 Å². The van der Waals surface area contributed by atoms with Crippen LogP contribution in [0.1, 0.15) is 19.3 Å². The average molecular weight is 359 g/mol. The number of halogens is 1. The van der Waals surface area contributed by atoms with Gasteiger partial charge in [0.25, 0.3) is 0 Å². The molecule has 0 aromatic carbocycles. The summed E-state index contributed by atoms with van der Waals surface area (Å²) in [7, 11) is 0. The van der Waals surface area contributed by atoms with Gasteiger partial charge >= 0.3 is 5.69 Å². The monoisotopic (exact) mass is 358 g/mol. The predicted octanol–water partition coefficient (Wildman–Crippen LogP) is 2.09. The van der Waals surface area contributed by atoms with Crippen molar-refractivity contribution in [1.29, 1.82) is 0 Å². The van der Waals surface area contributed by atoms with Crippen LogP contribution in [0.15, 0.2) is 16.7 Å². The minimum Gasteiger partial charge on any atom is -0.378 e. The van der Waals surface area contributed by atoms with Crippen molar-refractivity contribution < 1.29 is 9.66 Å². The van der Waals surface area contributed by atoms with E-state index < -0.39 is 4.92 Å². The largest absolute Gasteiger partial charge is 0.378 e. The van der Waals surface area contributed by atoms with E-state index in [1.54, 1.807) is 6.20 Å². The first-order valence-corrected chi connectivity index (χ1v) is 7.77. The third kappa shape index (κ3) is 4.36. The quantitative estimate of drug-likeness (QED) is 0.475. The number of rotatable bonds is 6. The minimum absolute atomic E-state index is 0.0341. The van der Waals surface area contributed by atoms with Crippen molar-refractivity contribution in [2.24, 2.45) is 5.73 Å². The summed E-state index contributed by atoms with van der Waals surface area (Å²) in [6.45, 7) is 2.73. The third-order valence-electron chi connectivity index (χ3n) is 3.45. The number of pyridine rings is 1. The maximum atomic E-state index is 11.1. The van der Waals surface area contributed by atoms with Gasteiger partial charge in [-0.05, 0) is 41.7 Å². The standard InChI is InChI=1S/C13H19BrN4O3/c14-10-8-12(18(19)20)13(16-9-10)17-5-2-11(3-6-17)21-7-1-4-15/h8-9,11H,1-7,15H2. The van der Waals surface area contributed by atoms with E-state index in [1.807, 2.05) is 4.90 Å². The number of hydrogen-bond acceptors (Lipinski definition) is 6. The van der Waals surface area contributed by atoms with Gasteiger partial charge in [-0.15, -0.1) is 0 Å². The third-order valence-corrected chi connectivity index (χ3v) is 3.89. The number of nitrogens with two attached hydrogens (primary N) is 1. The van der Waals surface area contributed by atoms with Crippen molar-refractivity contribution in [2.45, 2.75) is 25.4 Å². The molecule has 1 aromatic rings. The Hall–Kier alpha value is -1.25. The highest BCUT2D eigenvalue weighted by molar-refractivity contribution is 9.10. The van der Waals surface area contributed by atoms with Gasteiger partial charge in [-0.25, -0.2) is 4.98 Å². The summed E-state index contributed by atoms with van der Waals surface area (Å²) in [5, 5.41) is 11.1. The van der Waals surface area contributed by atoms with Gasteiger partial charge in [0.2, 0.25) is 5.82 Å². The summed E-state index contributed by atoms with van der Waals surface area (Å²) >= 11 is 3.22. The Morgan fingerprint density at radius 3 is 2.86 bits per heavy atom. The molecule has 0 amide bonds. The zero-order valence-electron chi connectivity index (χ0n) is 11.7. The molecule has 116 valence electrons. The number of piperidine rings is 1. The van der Waals surface area contributed by atoms with Gasteiger partial charge in [-0.1, -0.05) is 0 Å². The van der Waals surface area contributed by atoms with Crippen LogP contribution in [-0.2, 0) is 4.74 Å². The van der Waals surface area contributed by atoms with E-state index in [0.29, 0.717) is 36.5 Å². The number of anilines is 1. The van der Waals surface area contributed by atoms with Gasteiger partial charge in [0.1, 0.15) is 0 Å². The second-order valence-electron chi connectivity index (χ2n) is 4.95. The molecule has 1 aromatic heterocycles. The van der Waals surface area contributed by atoms with Crippen LogP contribution in [0.3, 0.4) is 0 Å². The molecule has 8 heteroatoms. The number of nitro groups is 1. The molecule has 1 saturated heterocycles. The van der Waals surface area contributed by atoms with Crippen LogP contribution in [0.25, 0.3) is 0 Å². The summed E-state index contributed by atoms with van der Waals surface area (Å²) in [5.74, 6) is 0.434. The molecule has 7 nitrogen and oxygen atoms in total. The van der Waals surface area contributed by atoms with Gasteiger partial charge < -0.3 is 15.4 Å². The molecular weight excluding hydrogens is 340 g/mol. The normalized spacial score (nSPS) is 16.2. The van der Waals surface area contributed by atoms with Crippen LogP contribution in [0, 0.1) is 10.1 Å². The molecule has 0 radical (unpaired) electrons. The highest BCUT2D eigenvalue weighted by Gasteiger charge is 2.26. The molecule has 2 heterocycles. The fourth-order valence-electron chi connectivity index (χ4n) is 2.37. The smallest absolute Gasteiger partial charge is 0.312 e. The van der Waals surface area contributed by atoms with Crippen LogP contribution in [0.5, 0.6) is 0 Å². The molecule has 1 aliphatic heterocycles. The molecule has 2 N–H and O–H groups in total. The fourth-order valence-corrected chi connectivity index (χ4v) is 2.69. The highest BCUT2D eigenvalue weighted by Crippen LogP contribution is 2.30. The van der Waals surface area contributed by atoms with Crippen molar-refractivity contribution in [2.75, 3.05) is 31.1 Å². The van der Waals surface area contributed by atoms with E-state index in [2.05, 4.69) is 20.9 Å². The summed E-state index contributed by atoms with van der Waals surface area (Å²) in [4.78, 5) is 16.9. The first kappa shape index (κ1) is 16.1. The maximum Gasteiger partial charge on any atom is 0.312 e. The Balaban J connectivity index is 1.97. The van der Waals surface area contributed by atoms with Crippen molar-refractivity contribution in [3.8, 4) is 0 Å². The molecule has 1 aliphatic rings. The summed E-state index contributed by atoms with van der Waals surface area (Å²) in [6.07, 6.45) is 4.35. The van der Waals surface area contributed by atoms with Crippen molar-refractivity contribution in [3.05, 3.63) is 26.9 Å². The zero-order valence-corrected chi connectivity index (χ0v) is 13.3. The zero-order chi connectivity index (χ0) is 15.2. The second kappa shape index (κ2) is 7.67. The van der Waals surface area contributed by atoms with Crippen LogP contribution in [0.4, 0.5) is 11.5 Å². The average Bonchev–Trinajstić information content (AvgIpc) is 2.48. The first-order valence-electron chi connectivity index (χ1n) is 6.98. The van der Waals surface area contributed by atoms with Crippen LogP contribution in [0.2, 0.25) is 0 Å². The van der Waals surface area contributed by atoms with E-state index in [1.165, 1.54) is 6.07 Å². The molecule has 21 heavy (non-hydrogen) atoms. The Labute approximate surface area is 131 Å². The van der Waals surface area contributed by atoms with E-state index in [-0.39, 0.29) is 11.8 Å². The molecule has 1 fully saturated rings. The summed E-state index contributed by atoms with van der Waals surface area (Å²) in [5.41, 5.74) is 5.47. The highest BCUT2D eigenvalue weighted by atomic mass is 79.9.